The zero-order valence-corrected chi connectivity index (χ0v) is 61.3. The highest BCUT2D eigenvalue weighted by atomic mass is 31.2. The first-order valence-electron chi connectivity index (χ1n) is 36.4. The molecule has 0 aliphatic heterocycles. The molecule has 3 N–H and O–H groups in total. The maximum absolute atomic E-state index is 13.0. The molecular weight excluding hydrogens is 1260 g/mol. The van der Waals surface area contributed by atoms with E-state index in [1.54, 1.807) is 6.08 Å². The first-order chi connectivity index (χ1) is 46.7. The fourth-order valence-corrected chi connectivity index (χ4v) is 10.7. The van der Waals surface area contributed by atoms with Gasteiger partial charge in [0.2, 0.25) is 0 Å². The van der Waals surface area contributed by atoms with Crippen LogP contribution in [0.1, 0.15) is 272 Å². The number of rotatable bonds is 67. The number of hydrogen-bond donors (Lipinski definition) is 3. The third kappa shape index (κ3) is 67.8. The van der Waals surface area contributed by atoms with E-state index in [1.165, 1.54) is 51.4 Å². The van der Waals surface area contributed by atoms with E-state index in [1.807, 2.05) is 18.2 Å². The Morgan fingerprint density at radius 1 is 0.312 bits per heavy atom. The highest BCUT2D eigenvalue weighted by molar-refractivity contribution is 7.47. The summed E-state index contributed by atoms with van der Waals surface area (Å²) >= 11 is 0. The van der Waals surface area contributed by atoms with Gasteiger partial charge in [-0.05, 0) is 135 Å². The molecule has 0 aromatic carbocycles. The summed E-state index contributed by atoms with van der Waals surface area (Å²) in [5.41, 5.74) is 0. The van der Waals surface area contributed by atoms with E-state index >= 15 is 0 Å². The Bertz CT molecular complexity index is 2350. The van der Waals surface area contributed by atoms with Gasteiger partial charge in [-0.25, -0.2) is 9.13 Å². The number of phosphoric acid groups is 2. The third-order valence-electron chi connectivity index (χ3n) is 14.6. The van der Waals surface area contributed by atoms with E-state index in [0.717, 1.165) is 141 Å². The van der Waals surface area contributed by atoms with Crippen molar-refractivity contribution in [2.45, 2.75) is 290 Å². The Labute approximate surface area is 580 Å². The maximum atomic E-state index is 13.0. The molecule has 0 aliphatic rings. The van der Waals surface area contributed by atoms with Gasteiger partial charge in [0.15, 0.2) is 12.2 Å². The lowest BCUT2D eigenvalue weighted by molar-refractivity contribution is -0.161. The fourth-order valence-electron chi connectivity index (χ4n) is 9.08. The topological polar surface area (TPSA) is 237 Å². The minimum absolute atomic E-state index is 0.0620. The summed E-state index contributed by atoms with van der Waals surface area (Å²) in [5.74, 6) is -2.40. The predicted octanol–water partition coefficient (Wildman–Crippen LogP) is 20.5. The predicted molar refractivity (Wildman–Crippen MR) is 390 cm³/mol. The quantitative estimate of drug-likeness (QED) is 0.0169. The van der Waals surface area contributed by atoms with Crippen LogP contribution in [0.5, 0.6) is 0 Å². The molecule has 0 amide bonds. The molecule has 0 aliphatic carbocycles. The standard InChI is InChI=1S/C77H128O17P2/c1-5-9-13-17-21-25-29-32-35-38-42-45-49-53-57-61-74(79)87-67-72(93-76(81)63-59-55-51-47-41-28-24-20-16-12-8-4)69-91-95(83,84)89-65-71(78)66-90-96(85,86)92-70-73(94-77(82)64-60-56-52-48-44-40-37-34-31-27-23-19-15-11-7-3)68-88-75(80)62-58-54-50-46-43-39-36-33-30-26-22-18-14-10-6-2/h9-10,13-14,20-22,24-26,32-37,42-43,45-46,54,58,71-73,78H,5-8,11-12,15-19,23,27-31,38-41,44,47-53,55-57,59-70H2,1-4H3,(H,83,84)(H,85,86)/b13-9-,14-10-,24-20-,25-21-,26-22-,35-32-,36-33-,37-34-,45-42-,46-43-,58-54-. The molecule has 5 atom stereocenters. The Morgan fingerprint density at radius 2 is 0.594 bits per heavy atom. The lowest BCUT2D eigenvalue weighted by atomic mass is 10.1. The molecule has 0 aromatic rings. The van der Waals surface area contributed by atoms with E-state index in [0.29, 0.717) is 25.7 Å². The Hall–Kier alpha value is -4.80. The smallest absolute Gasteiger partial charge is 0.462 e. The second kappa shape index (κ2) is 68.7. The number of esters is 4. The molecule has 0 spiro atoms. The van der Waals surface area contributed by atoms with Crippen molar-refractivity contribution >= 4 is 39.5 Å². The SMILES string of the molecule is CC/C=C\C/C=C\C/C=C\C/C=C\C/C=C\CC(=O)OCC(COP(=O)(O)OCC(O)COP(=O)(O)OCC(COC(=O)CCCC/C=C\C/C=C\C/C=C\C/C=C\CC)OC(=O)CCCCCCC/C=C\CCCC)OC(=O)CCCCCCC/C=C\CCCCCCCC. The average Bonchev–Trinajstić information content (AvgIpc) is 1.09. The molecule has 96 heavy (non-hydrogen) atoms. The molecule has 0 rings (SSSR count). The molecule has 548 valence electrons. The van der Waals surface area contributed by atoms with Crippen LogP contribution in [0, 0.1) is 0 Å². The van der Waals surface area contributed by atoms with Gasteiger partial charge in [-0.3, -0.25) is 37.3 Å². The van der Waals surface area contributed by atoms with Gasteiger partial charge in [-0.2, -0.15) is 0 Å². The number of unbranched alkanes of at least 4 members (excludes halogenated alkanes) is 20. The molecule has 17 nitrogen and oxygen atoms in total. The number of allylic oxidation sites excluding steroid dienone is 21. The molecule has 0 aromatic heterocycles. The zero-order valence-electron chi connectivity index (χ0n) is 59.5. The van der Waals surface area contributed by atoms with E-state index < -0.39 is 97.5 Å². The van der Waals surface area contributed by atoms with Crippen molar-refractivity contribution in [1.82, 2.24) is 0 Å². The van der Waals surface area contributed by atoms with Crippen molar-refractivity contribution in [1.29, 1.82) is 0 Å². The van der Waals surface area contributed by atoms with Crippen LogP contribution < -0.4 is 0 Å². The maximum Gasteiger partial charge on any atom is 0.472 e. The van der Waals surface area contributed by atoms with Crippen LogP contribution in [0.3, 0.4) is 0 Å². The van der Waals surface area contributed by atoms with Crippen molar-refractivity contribution in [2.24, 2.45) is 0 Å². The van der Waals surface area contributed by atoms with Gasteiger partial charge in [-0.1, -0.05) is 245 Å². The van der Waals surface area contributed by atoms with E-state index in [4.69, 9.17) is 37.0 Å². The summed E-state index contributed by atoms with van der Waals surface area (Å²) in [4.78, 5) is 72.6. The second-order valence-corrected chi connectivity index (χ2v) is 26.7. The molecule has 0 bridgehead atoms. The fraction of sp³-hybridized carbons (Fsp3) is 0.662. The van der Waals surface area contributed by atoms with Gasteiger partial charge in [0, 0.05) is 19.3 Å². The molecule has 19 heteroatoms. The van der Waals surface area contributed by atoms with Gasteiger partial charge in [-0.15, -0.1) is 0 Å². The zero-order chi connectivity index (χ0) is 70.4. The number of ether oxygens (including phenoxy) is 4. The monoisotopic (exact) mass is 1390 g/mol. The lowest BCUT2D eigenvalue weighted by Crippen LogP contribution is -2.30. The number of carbonyl (C=O) groups excluding carboxylic acids is 4. The number of aliphatic hydroxyl groups is 1. The number of hydrogen-bond acceptors (Lipinski definition) is 15. The summed E-state index contributed by atoms with van der Waals surface area (Å²) < 4.78 is 68.1. The minimum Gasteiger partial charge on any atom is -0.462 e. The minimum atomic E-state index is -5.00. The summed E-state index contributed by atoms with van der Waals surface area (Å²) in [5, 5.41) is 10.6. The van der Waals surface area contributed by atoms with Crippen LogP contribution >= 0.6 is 15.6 Å². The molecule has 5 unspecified atom stereocenters. The Kier molecular flexibility index (Phi) is 65.3. The van der Waals surface area contributed by atoms with E-state index in [2.05, 4.69) is 137 Å². The summed E-state index contributed by atoms with van der Waals surface area (Å²) in [6.45, 7) is 4.39. The van der Waals surface area contributed by atoms with Gasteiger partial charge in [0.1, 0.15) is 19.3 Å². The highest BCUT2D eigenvalue weighted by Crippen LogP contribution is 2.45. The lowest BCUT2D eigenvalue weighted by Gasteiger charge is -2.21. The number of phosphoric ester groups is 2. The van der Waals surface area contributed by atoms with E-state index in [9.17, 15) is 43.2 Å². The van der Waals surface area contributed by atoms with Gasteiger partial charge < -0.3 is 33.8 Å². The second-order valence-electron chi connectivity index (χ2n) is 23.8. The normalized spacial score (nSPS) is 14.8. The van der Waals surface area contributed by atoms with Crippen molar-refractivity contribution < 1.29 is 80.2 Å². The van der Waals surface area contributed by atoms with Crippen LogP contribution in [-0.4, -0.2) is 96.7 Å². The first kappa shape index (κ1) is 91.2. The molecule has 0 saturated carbocycles. The van der Waals surface area contributed by atoms with Crippen molar-refractivity contribution in [3.8, 4) is 0 Å². The third-order valence-corrected chi connectivity index (χ3v) is 16.5. The summed E-state index contributed by atoms with van der Waals surface area (Å²) in [6, 6.07) is 0. The van der Waals surface area contributed by atoms with Crippen LogP contribution in [-0.2, 0) is 65.4 Å². The average molecular weight is 1390 g/mol. The summed E-state index contributed by atoms with van der Waals surface area (Å²) in [7, 11) is -9.99. The number of carbonyl (C=O) groups is 4. The van der Waals surface area contributed by atoms with Crippen LogP contribution in [0.2, 0.25) is 0 Å². The van der Waals surface area contributed by atoms with Crippen LogP contribution in [0.25, 0.3) is 0 Å². The largest absolute Gasteiger partial charge is 0.472 e. The van der Waals surface area contributed by atoms with Crippen molar-refractivity contribution in [3.05, 3.63) is 134 Å². The molecular formula is C77H128O17P2. The van der Waals surface area contributed by atoms with Crippen molar-refractivity contribution in [3.63, 3.8) is 0 Å². The summed E-state index contributed by atoms with van der Waals surface area (Å²) in [6.07, 6.45) is 75.0. The van der Waals surface area contributed by atoms with Crippen LogP contribution in [0.4, 0.5) is 0 Å². The molecule has 0 heterocycles. The van der Waals surface area contributed by atoms with Gasteiger partial charge in [0.05, 0.1) is 32.8 Å². The van der Waals surface area contributed by atoms with Crippen molar-refractivity contribution in [2.75, 3.05) is 39.6 Å². The molecule has 0 fully saturated rings. The number of aliphatic hydroxyl groups excluding tert-OH is 1. The molecule has 0 radical (unpaired) electrons. The first-order valence-corrected chi connectivity index (χ1v) is 39.4. The molecule has 0 saturated heterocycles. The van der Waals surface area contributed by atoms with E-state index in [-0.39, 0.29) is 25.7 Å². The van der Waals surface area contributed by atoms with Gasteiger partial charge in [0.25, 0.3) is 0 Å². The Balaban J connectivity index is 5.44. The Morgan fingerprint density at radius 3 is 0.990 bits per heavy atom. The van der Waals surface area contributed by atoms with Gasteiger partial charge >= 0.3 is 39.5 Å². The van der Waals surface area contributed by atoms with Crippen LogP contribution in [0.15, 0.2) is 134 Å². The highest BCUT2D eigenvalue weighted by Gasteiger charge is 2.30.